The summed E-state index contributed by atoms with van der Waals surface area (Å²) in [5, 5.41) is 8.57. The fourth-order valence-corrected chi connectivity index (χ4v) is 1.95. The van der Waals surface area contributed by atoms with Gasteiger partial charge in [-0.25, -0.2) is 4.98 Å². The minimum Gasteiger partial charge on any atom is -0.403 e. The average molecular weight is 393 g/mol. The molecule has 80 valence electrons. The first-order valence-corrected chi connectivity index (χ1v) is 5.22. The Labute approximate surface area is 105 Å². The van der Waals surface area contributed by atoms with E-state index in [4.69, 9.17) is 5.26 Å². The highest BCUT2D eigenvalue weighted by Gasteiger charge is 2.32. The number of aromatic nitrogens is 1. The molecule has 1 aromatic rings. The van der Waals surface area contributed by atoms with Crippen molar-refractivity contribution in [2.75, 3.05) is 0 Å². The molecule has 1 aromatic heterocycles. The first-order valence-electron chi connectivity index (χ1n) is 3.35. The maximum atomic E-state index is 11.9. The van der Waals surface area contributed by atoms with Gasteiger partial charge < -0.3 is 4.74 Å². The standard InChI is InChI=1S/C7HBrF3IN2O/c8-5-3(2-13)1-4(6(12)14-5)15-7(9,10)11/h1H. The van der Waals surface area contributed by atoms with Crippen LogP contribution in [0.3, 0.4) is 0 Å². The zero-order valence-corrected chi connectivity index (χ0v) is 10.5. The summed E-state index contributed by atoms with van der Waals surface area (Å²) in [6, 6.07) is 2.67. The monoisotopic (exact) mass is 392 g/mol. The molecular weight excluding hydrogens is 392 g/mol. The third-order valence-corrected chi connectivity index (χ3v) is 2.62. The zero-order valence-electron chi connectivity index (χ0n) is 6.77. The van der Waals surface area contributed by atoms with Crippen LogP contribution in [0.5, 0.6) is 5.75 Å². The van der Waals surface area contributed by atoms with Crippen LogP contribution in [-0.2, 0) is 0 Å². The lowest BCUT2D eigenvalue weighted by Crippen LogP contribution is -2.18. The quantitative estimate of drug-likeness (QED) is 0.544. The molecule has 8 heteroatoms. The molecule has 0 unspecified atom stereocenters. The van der Waals surface area contributed by atoms with Gasteiger partial charge in [0, 0.05) is 6.07 Å². The number of alkyl halides is 3. The summed E-state index contributed by atoms with van der Waals surface area (Å²) in [4.78, 5) is 3.68. The van der Waals surface area contributed by atoms with Gasteiger partial charge in [0.05, 0.1) is 5.56 Å². The molecule has 0 amide bonds. The number of nitrogens with zero attached hydrogens (tertiary/aromatic N) is 2. The number of halogens is 5. The molecule has 0 saturated heterocycles. The fourth-order valence-electron chi connectivity index (χ4n) is 0.726. The number of hydrogen-bond acceptors (Lipinski definition) is 3. The van der Waals surface area contributed by atoms with Crippen molar-refractivity contribution in [2.24, 2.45) is 0 Å². The van der Waals surface area contributed by atoms with E-state index < -0.39 is 12.1 Å². The highest BCUT2D eigenvalue weighted by atomic mass is 127. The van der Waals surface area contributed by atoms with E-state index in [9.17, 15) is 13.2 Å². The van der Waals surface area contributed by atoms with Gasteiger partial charge in [0.25, 0.3) is 0 Å². The Balaban J connectivity index is 3.15. The van der Waals surface area contributed by atoms with Gasteiger partial charge in [0.15, 0.2) is 5.75 Å². The van der Waals surface area contributed by atoms with Crippen LogP contribution in [0.4, 0.5) is 13.2 Å². The average Bonchev–Trinajstić information content (AvgIpc) is 2.07. The van der Waals surface area contributed by atoms with Crippen LogP contribution in [0.15, 0.2) is 10.7 Å². The number of pyridine rings is 1. The van der Waals surface area contributed by atoms with E-state index in [0.29, 0.717) is 0 Å². The van der Waals surface area contributed by atoms with E-state index in [1.54, 1.807) is 28.7 Å². The molecule has 1 heterocycles. The summed E-state index contributed by atoms with van der Waals surface area (Å²) in [5.74, 6) is -0.483. The Morgan fingerprint density at radius 2 is 2.13 bits per heavy atom. The van der Waals surface area contributed by atoms with Crippen molar-refractivity contribution in [1.82, 2.24) is 4.98 Å². The Morgan fingerprint density at radius 3 is 2.60 bits per heavy atom. The van der Waals surface area contributed by atoms with Crippen LogP contribution >= 0.6 is 38.5 Å². The summed E-state index contributed by atoms with van der Waals surface area (Å²) in [7, 11) is 0. The Morgan fingerprint density at radius 1 is 1.53 bits per heavy atom. The smallest absolute Gasteiger partial charge is 0.403 e. The summed E-state index contributed by atoms with van der Waals surface area (Å²) < 4.78 is 39.6. The molecule has 1 rings (SSSR count). The minimum absolute atomic E-state index is 0.0188. The van der Waals surface area contributed by atoms with Gasteiger partial charge in [-0.15, -0.1) is 13.2 Å². The fraction of sp³-hybridized carbons (Fsp3) is 0.143. The van der Waals surface area contributed by atoms with Gasteiger partial charge in [-0.2, -0.15) is 5.26 Å². The van der Waals surface area contributed by atoms with Gasteiger partial charge in [0.2, 0.25) is 0 Å². The molecule has 0 aliphatic heterocycles. The molecular formula is C7HBrF3IN2O. The lowest BCUT2D eigenvalue weighted by molar-refractivity contribution is -0.275. The van der Waals surface area contributed by atoms with Crippen molar-refractivity contribution in [2.45, 2.75) is 6.36 Å². The predicted octanol–water partition coefficient (Wildman–Crippen LogP) is 3.22. The third-order valence-electron chi connectivity index (χ3n) is 1.24. The summed E-state index contributed by atoms with van der Waals surface area (Å²) in [5.41, 5.74) is -0.0188. The molecule has 3 nitrogen and oxygen atoms in total. The summed E-state index contributed by atoms with van der Waals surface area (Å²) in [6.45, 7) is 0. The second-order valence-electron chi connectivity index (χ2n) is 2.28. The van der Waals surface area contributed by atoms with Gasteiger partial charge in [-0.1, -0.05) is 0 Å². The van der Waals surface area contributed by atoms with Gasteiger partial charge in [-0.3, -0.25) is 0 Å². The molecule has 0 bridgehead atoms. The van der Waals surface area contributed by atoms with Gasteiger partial charge >= 0.3 is 6.36 Å². The summed E-state index contributed by atoms with van der Waals surface area (Å²) >= 11 is 4.53. The van der Waals surface area contributed by atoms with Crippen molar-refractivity contribution in [1.29, 1.82) is 5.26 Å². The predicted molar refractivity (Wildman–Crippen MR) is 56.1 cm³/mol. The van der Waals surface area contributed by atoms with Crippen LogP contribution in [0, 0.1) is 15.0 Å². The molecule has 0 N–H and O–H groups in total. The van der Waals surface area contributed by atoms with Crippen LogP contribution in [0.2, 0.25) is 0 Å². The second kappa shape index (κ2) is 4.52. The van der Waals surface area contributed by atoms with E-state index in [1.165, 1.54) is 0 Å². The lowest BCUT2D eigenvalue weighted by atomic mass is 10.3. The van der Waals surface area contributed by atoms with Crippen molar-refractivity contribution in [3.63, 3.8) is 0 Å². The highest BCUT2D eigenvalue weighted by Crippen LogP contribution is 2.29. The van der Waals surface area contributed by atoms with E-state index >= 15 is 0 Å². The zero-order chi connectivity index (χ0) is 11.6. The molecule has 0 fully saturated rings. The first-order chi connectivity index (χ1) is 6.83. The Hall–Kier alpha value is -0.560. The van der Waals surface area contributed by atoms with Crippen molar-refractivity contribution in [3.8, 4) is 11.8 Å². The van der Waals surface area contributed by atoms with Crippen molar-refractivity contribution >= 4 is 38.5 Å². The van der Waals surface area contributed by atoms with Crippen LogP contribution in [0.25, 0.3) is 0 Å². The Bertz CT molecular complexity index is 429. The molecule has 0 atom stereocenters. The third kappa shape index (κ3) is 3.49. The minimum atomic E-state index is -4.79. The molecule has 0 radical (unpaired) electrons. The van der Waals surface area contributed by atoms with E-state index in [1.807, 2.05) is 0 Å². The van der Waals surface area contributed by atoms with Gasteiger partial charge in [-0.05, 0) is 38.5 Å². The highest BCUT2D eigenvalue weighted by molar-refractivity contribution is 14.1. The van der Waals surface area contributed by atoms with Crippen molar-refractivity contribution < 1.29 is 17.9 Å². The molecule has 0 aliphatic carbocycles. The van der Waals surface area contributed by atoms with Crippen molar-refractivity contribution in [3.05, 3.63) is 19.9 Å². The Kier molecular flexibility index (Phi) is 3.77. The number of nitriles is 1. The van der Waals surface area contributed by atoms with E-state index in [-0.39, 0.29) is 13.9 Å². The number of rotatable bonds is 1. The molecule has 0 aliphatic rings. The SMILES string of the molecule is N#Cc1cc(OC(F)(F)F)c(I)nc1Br. The second-order valence-corrected chi connectivity index (χ2v) is 4.05. The molecule has 15 heavy (non-hydrogen) atoms. The first kappa shape index (κ1) is 12.5. The summed E-state index contributed by atoms with van der Waals surface area (Å²) in [6.07, 6.45) is -4.79. The van der Waals surface area contributed by atoms with E-state index in [2.05, 4.69) is 25.7 Å². The number of ether oxygens (including phenoxy) is 1. The normalized spacial score (nSPS) is 10.9. The molecule has 0 spiro atoms. The maximum absolute atomic E-state index is 11.9. The topological polar surface area (TPSA) is 45.9 Å². The van der Waals surface area contributed by atoms with Crippen LogP contribution in [-0.4, -0.2) is 11.3 Å². The number of hydrogen-bond donors (Lipinski definition) is 0. The largest absolute Gasteiger partial charge is 0.573 e. The van der Waals surface area contributed by atoms with Crippen LogP contribution in [0.1, 0.15) is 5.56 Å². The van der Waals surface area contributed by atoms with E-state index in [0.717, 1.165) is 6.07 Å². The molecule has 0 saturated carbocycles. The maximum Gasteiger partial charge on any atom is 0.573 e. The van der Waals surface area contributed by atoms with Crippen LogP contribution < -0.4 is 4.74 Å². The van der Waals surface area contributed by atoms with Gasteiger partial charge in [0.1, 0.15) is 14.4 Å². The molecule has 0 aromatic carbocycles. The lowest BCUT2D eigenvalue weighted by Gasteiger charge is -2.10.